The van der Waals surface area contributed by atoms with E-state index < -0.39 is 66.2 Å². The number of rotatable bonds is 4. The van der Waals surface area contributed by atoms with Gasteiger partial charge in [-0.15, -0.1) is 6.58 Å². The first kappa shape index (κ1) is 35.0. The Morgan fingerprint density at radius 1 is 1.19 bits per heavy atom. The van der Waals surface area contributed by atoms with E-state index in [-0.39, 0.29) is 31.9 Å². The summed E-state index contributed by atoms with van der Waals surface area (Å²) >= 11 is 0. The molecule has 1 unspecified atom stereocenters. The third-order valence-electron chi connectivity index (χ3n) is 10.1. The molecule has 1 aromatic rings. The second-order valence-corrected chi connectivity index (χ2v) is 17.4. The molecule has 1 saturated heterocycles. The number of hydrogen-bond donors (Lipinski definition) is 3. The van der Waals surface area contributed by atoms with Crippen LogP contribution in [0.2, 0.25) is 0 Å². The predicted octanol–water partition coefficient (Wildman–Crippen LogP) is 4.53. The van der Waals surface area contributed by atoms with Crippen LogP contribution in [0.25, 0.3) is 0 Å². The summed E-state index contributed by atoms with van der Waals surface area (Å²) in [5.74, 6) is -1.45. The van der Waals surface area contributed by atoms with Gasteiger partial charge in [-0.2, -0.15) is 0 Å². The first-order valence-corrected chi connectivity index (χ1v) is 18.7. The number of carbonyl (C=O) groups excluding carboxylic acids is 4. The van der Waals surface area contributed by atoms with Crippen LogP contribution >= 0.6 is 7.37 Å². The maximum Gasteiger partial charge on any atom is 0.410 e. The summed E-state index contributed by atoms with van der Waals surface area (Å²) in [6.45, 7) is 13.3. The van der Waals surface area contributed by atoms with Gasteiger partial charge in [-0.3, -0.25) is 19.1 Å². The molecule has 3 heterocycles. The minimum Gasteiger partial charge on any atom is -0.449 e. The number of aryl methyl sites for hydroxylation is 1. The van der Waals surface area contributed by atoms with Gasteiger partial charge in [-0.25, -0.2) is 9.59 Å². The second-order valence-electron chi connectivity index (χ2n) is 14.9. The summed E-state index contributed by atoms with van der Waals surface area (Å²) in [5.41, 5.74) is 2.62. The van der Waals surface area contributed by atoms with E-state index >= 15 is 0 Å². The van der Waals surface area contributed by atoms with E-state index in [1.165, 1.54) is 17.1 Å². The number of hydrogen-bond acceptors (Lipinski definition) is 7. The molecule has 4 aliphatic rings. The zero-order valence-corrected chi connectivity index (χ0v) is 29.0. The summed E-state index contributed by atoms with van der Waals surface area (Å²) in [4.78, 5) is 68.2. The van der Waals surface area contributed by atoms with E-state index in [0.29, 0.717) is 13.1 Å². The predicted molar refractivity (Wildman–Crippen MR) is 175 cm³/mol. The van der Waals surface area contributed by atoms with E-state index in [2.05, 4.69) is 23.3 Å². The molecule has 4 bridgehead atoms. The molecule has 12 nitrogen and oxygen atoms in total. The summed E-state index contributed by atoms with van der Waals surface area (Å²) < 4.78 is 24.4. The van der Waals surface area contributed by atoms with E-state index in [0.717, 1.165) is 36.8 Å². The van der Waals surface area contributed by atoms with E-state index in [1.54, 1.807) is 31.7 Å². The Hall–Kier alpha value is -3.37. The number of nitrogens with zero attached hydrogens (tertiary/aromatic N) is 2. The molecule has 1 saturated carbocycles. The molecule has 47 heavy (non-hydrogen) atoms. The van der Waals surface area contributed by atoms with Crippen molar-refractivity contribution in [3.05, 3.63) is 47.5 Å². The van der Waals surface area contributed by atoms with Crippen molar-refractivity contribution < 1.29 is 38.1 Å². The molecule has 4 amide bonds. The molecule has 0 aromatic heterocycles. The second kappa shape index (κ2) is 13.3. The smallest absolute Gasteiger partial charge is 0.410 e. The normalized spacial score (nSPS) is 31.6. The quantitative estimate of drug-likeness (QED) is 0.312. The highest BCUT2D eigenvalue weighted by atomic mass is 31.2. The van der Waals surface area contributed by atoms with Crippen molar-refractivity contribution in [3.63, 3.8) is 0 Å². The lowest BCUT2D eigenvalue weighted by atomic mass is 9.85. The van der Waals surface area contributed by atoms with Gasteiger partial charge in [0.25, 0.3) is 0 Å². The lowest BCUT2D eigenvalue weighted by molar-refractivity contribution is -0.142. The van der Waals surface area contributed by atoms with Crippen molar-refractivity contribution in [1.82, 2.24) is 20.4 Å². The molecule has 13 heteroatoms. The standard InChI is InChI=1S/C34H49N4O8P/c1-7-24-16-34(24,47(6,43)44)36-29(39)27-15-25-18-38(27)30(40)28(33(3,4)5)35-31(41)45-20-21(2)11-8-9-12-22-13-10-14-23-17-37(19-26(22)23)32(42)46-25/h7,10,13-14,21,24-25,27-28H,1,8-9,11-12,15-20H2,2-6H3,(H,35,41)(H,36,39)(H,43,44)/t21-,24+,25+,27-,28+,34-/m0/s1. The van der Waals surface area contributed by atoms with Gasteiger partial charge in [-0.05, 0) is 53.7 Å². The Morgan fingerprint density at radius 3 is 2.57 bits per heavy atom. The number of fused-ring (bicyclic) bond motifs is 3. The molecule has 0 radical (unpaired) electrons. The number of cyclic esters (lactones) is 1. The van der Waals surface area contributed by atoms with Crippen molar-refractivity contribution >= 4 is 31.4 Å². The van der Waals surface area contributed by atoms with Crippen LogP contribution in [-0.4, -0.2) is 82.0 Å². The molecule has 5 rings (SSSR count). The molecule has 1 aliphatic carbocycles. The Bertz CT molecular complexity index is 1470. The van der Waals surface area contributed by atoms with Gasteiger partial charge in [0.15, 0.2) is 0 Å². The zero-order chi connectivity index (χ0) is 34.3. The Balaban J connectivity index is 1.44. The monoisotopic (exact) mass is 672 g/mol. The van der Waals surface area contributed by atoms with Crippen molar-refractivity contribution in [1.29, 1.82) is 0 Å². The lowest BCUT2D eigenvalue weighted by Crippen LogP contribution is -2.58. The Kier molecular flexibility index (Phi) is 9.86. The Morgan fingerprint density at radius 2 is 1.91 bits per heavy atom. The van der Waals surface area contributed by atoms with Gasteiger partial charge in [-0.1, -0.05) is 58.4 Å². The number of carbonyl (C=O) groups is 4. The molecule has 3 aliphatic heterocycles. The fourth-order valence-corrected chi connectivity index (χ4v) is 8.68. The molecule has 2 fully saturated rings. The zero-order valence-electron chi connectivity index (χ0n) is 28.1. The Labute approximate surface area is 277 Å². The summed E-state index contributed by atoms with van der Waals surface area (Å²) in [6.07, 6.45) is 3.32. The number of amides is 4. The number of alkyl carbamates (subject to hydrolysis) is 1. The number of benzene rings is 1. The van der Waals surface area contributed by atoms with Crippen LogP contribution in [0.4, 0.5) is 9.59 Å². The summed E-state index contributed by atoms with van der Waals surface area (Å²) in [5, 5.41) is 4.13. The molecule has 7 atom stereocenters. The van der Waals surface area contributed by atoms with Crippen LogP contribution < -0.4 is 10.6 Å². The van der Waals surface area contributed by atoms with E-state index in [1.807, 2.05) is 19.1 Å². The fourth-order valence-electron chi connectivity index (χ4n) is 7.11. The summed E-state index contributed by atoms with van der Waals surface area (Å²) in [7, 11) is -3.81. The van der Waals surface area contributed by atoms with Crippen LogP contribution in [0.1, 0.15) is 76.5 Å². The van der Waals surface area contributed by atoms with Crippen molar-refractivity contribution in [3.8, 4) is 0 Å². The average Bonchev–Trinajstić information content (AvgIpc) is 3.31. The third kappa shape index (κ3) is 7.38. The van der Waals surface area contributed by atoms with Crippen LogP contribution in [0, 0.1) is 17.3 Å². The van der Waals surface area contributed by atoms with Crippen molar-refractivity contribution in [2.75, 3.05) is 19.8 Å². The highest BCUT2D eigenvalue weighted by Crippen LogP contribution is 2.67. The van der Waals surface area contributed by atoms with Crippen LogP contribution in [-0.2, 0) is 43.1 Å². The van der Waals surface area contributed by atoms with E-state index in [4.69, 9.17) is 9.47 Å². The minimum absolute atomic E-state index is 0.0115. The maximum absolute atomic E-state index is 14.3. The largest absolute Gasteiger partial charge is 0.449 e. The first-order valence-electron chi connectivity index (χ1n) is 16.6. The fraction of sp³-hybridized carbons (Fsp3) is 0.647. The van der Waals surface area contributed by atoms with Gasteiger partial charge in [0, 0.05) is 32.1 Å². The molecular formula is C34H49N4O8P. The maximum atomic E-state index is 14.3. The van der Waals surface area contributed by atoms with Crippen LogP contribution in [0.15, 0.2) is 30.9 Å². The van der Waals surface area contributed by atoms with Gasteiger partial charge < -0.3 is 29.9 Å². The third-order valence-corrected chi connectivity index (χ3v) is 12.2. The van der Waals surface area contributed by atoms with E-state index in [9.17, 15) is 28.6 Å². The van der Waals surface area contributed by atoms with Gasteiger partial charge >= 0.3 is 12.2 Å². The minimum atomic E-state index is -3.81. The van der Waals surface area contributed by atoms with Gasteiger partial charge in [0.1, 0.15) is 23.5 Å². The van der Waals surface area contributed by atoms with Gasteiger partial charge in [0.2, 0.25) is 19.2 Å². The van der Waals surface area contributed by atoms with Crippen molar-refractivity contribution in [2.24, 2.45) is 17.3 Å². The van der Waals surface area contributed by atoms with Crippen molar-refractivity contribution in [2.45, 2.75) is 103 Å². The summed E-state index contributed by atoms with van der Waals surface area (Å²) in [6, 6.07) is 3.93. The average molecular weight is 673 g/mol. The molecule has 0 spiro atoms. The first-order chi connectivity index (χ1) is 22.0. The molecule has 258 valence electrons. The highest BCUT2D eigenvalue weighted by Gasteiger charge is 2.64. The molecule has 3 N–H and O–H groups in total. The number of nitrogens with one attached hydrogen (secondary N) is 2. The molecular weight excluding hydrogens is 623 g/mol. The van der Waals surface area contributed by atoms with Gasteiger partial charge in [0.05, 0.1) is 13.2 Å². The topological polar surface area (TPSA) is 155 Å². The SMILES string of the molecule is C=C[C@@H]1C[C@]1(NC(=O)[C@@H]1C[C@@H]2CN1C(=O)[C@H](C(C)(C)C)NC(=O)OC[C@@H](C)CCCCc1cccc3c1CN(C3)C(=O)O2)P(C)(=O)O. The lowest BCUT2D eigenvalue weighted by Gasteiger charge is -2.35. The van der Waals surface area contributed by atoms with Crippen LogP contribution in [0.3, 0.4) is 0 Å². The molecule has 1 aromatic carbocycles. The number of ether oxygens (including phenoxy) is 2. The highest BCUT2D eigenvalue weighted by molar-refractivity contribution is 7.59. The van der Waals surface area contributed by atoms with Crippen LogP contribution in [0.5, 0.6) is 0 Å².